The van der Waals surface area contributed by atoms with Gasteiger partial charge >= 0.3 is 11.5 Å². The van der Waals surface area contributed by atoms with Crippen LogP contribution >= 0.6 is 11.8 Å². The number of aromatic nitrogens is 1. The number of rotatable bonds is 5. The maximum Gasteiger partial charge on any atom is 0.446 e. The summed E-state index contributed by atoms with van der Waals surface area (Å²) in [6.07, 6.45) is 1.65. The van der Waals surface area contributed by atoms with Crippen LogP contribution in [0.2, 0.25) is 0 Å². The minimum Gasteiger partial charge on any atom is -0.308 e. The molecule has 1 fully saturated rings. The number of amides is 3. The summed E-state index contributed by atoms with van der Waals surface area (Å²) in [5, 5.41) is 0. The van der Waals surface area contributed by atoms with Crippen LogP contribution in [0.1, 0.15) is 12.5 Å². The number of hydrogen-bond acceptors (Lipinski definition) is 4. The van der Waals surface area contributed by atoms with Crippen molar-refractivity contribution in [1.29, 1.82) is 0 Å². The number of urea groups is 1. The second-order valence-corrected chi connectivity index (χ2v) is 8.36. The highest BCUT2D eigenvalue weighted by Crippen LogP contribution is 2.38. The zero-order valence-corrected chi connectivity index (χ0v) is 17.7. The van der Waals surface area contributed by atoms with Crippen LogP contribution in [-0.4, -0.2) is 33.4 Å². The molecule has 0 radical (unpaired) electrons. The molecule has 9 heteroatoms. The van der Waals surface area contributed by atoms with E-state index in [0.29, 0.717) is 0 Å². The zero-order chi connectivity index (χ0) is 22.9. The fourth-order valence-corrected chi connectivity index (χ4v) is 4.02. The van der Waals surface area contributed by atoms with E-state index in [1.807, 2.05) is 36.4 Å². The van der Waals surface area contributed by atoms with Crippen LogP contribution in [0.4, 0.5) is 23.7 Å². The van der Waals surface area contributed by atoms with Crippen LogP contribution in [-0.2, 0) is 11.3 Å². The Hall–Kier alpha value is -3.33. The average molecular weight is 457 g/mol. The fourth-order valence-electron chi connectivity index (χ4n) is 3.48. The molecule has 3 amide bonds. The number of nitrogens with zero attached hydrogens (tertiary/aromatic N) is 3. The van der Waals surface area contributed by atoms with Crippen molar-refractivity contribution in [1.82, 2.24) is 9.88 Å². The maximum atomic E-state index is 13.0. The molecule has 1 unspecified atom stereocenters. The van der Waals surface area contributed by atoms with E-state index in [9.17, 15) is 22.8 Å². The SMILES string of the molecule is CC1C(=O)N(c2ccc(SC(F)(F)F)cc2)C(=O)N1Cc1ccnc(-c2ccccc2)c1. The number of carbonyl (C=O) groups excluding carboxylic acids is 2. The molecule has 1 atom stereocenters. The van der Waals surface area contributed by atoms with E-state index >= 15 is 0 Å². The van der Waals surface area contributed by atoms with Gasteiger partial charge in [0.25, 0.3) is 5.91 Å². The molecular weight excluding hydrogens is 439 g/mol. The standard InChI is InChI=1S/C23H18F3N3O2S/c1-15-21(30)29(18-7-9-19(10-8-18)32-23(24,25)26)22(31)28(15)14-16-11-12-27-20(13-16)17-5-3-2-4-6-17/h2-13,15H,14H2,1H3. The Morgan fingerprint density at radius 3 is 2.34 bits per heavy atom. The van der Waals surface area contributed by atoms with Gasteiger partial charge in [0, 0.05) is 23.2 Å². The number of hydrogen-bond donors (Lipinski definition) is 0. The van der Waals surface area contributed by atoms with E-state index in [1.54, 1.807) is 19.2 Å². The smallest absolute Gasteiger partial charge is 0.308 e. The molecule has 4 rings (SSSR count). The van der Waals surface area contributed by atoms with Crippen LogP contribution < -0.4 is 4.90 Å². The molecule has 32 heavy (non-hydrogen) atoms. The van der Waals surface area contributed by atoms with Gasteiger partial charge in [-0.05, 0) is 60.6 Å². The predicted molar refractivity (Wildman–Crippen MR) is 116 cm³/mol. The van der Waals surface area contributed by atoms with E-state index in [1.165, 1.54) is 29.2 Å². The van der Waals surface area contributed by atoms with Crippen molar-refractivity contribution in [2.24, 2.45) is 0 Å². The lowest BCUT2D eigenvalue weighted by Crippen LogP contribution is -2.33. The monoisotopic (exact) mass is 457 g/mol. The van der Waals surface area contributed by atoms with Crippen molar-refractivity contribution >= 4 is 29.4 Å². The molecule has 1 saturated heterocycles. The van der Waals surface area contributed by atoms with Crippen molar-refractivity contribution < 1.29 is 22.8 Å². The van der Waals surface area contributed by atoms with Gasteiger partial charge in [0.2, 0.25) is 0 Å². The Bertz CT molecular complexity index is 1140. The lowest BCUT2D eigenvalue weighted by Gasteiger charge is -2.20. The summed E-state index contributed by atoms with van der Waals surface area (Å²) in [4.78, 5) is 32.6. The zero-order valence-electron chi connectivity index (χ0n) is 16.9. The molecule has 1 aliphatic rings. The van der Waals surface area contributed by atoms with E-state index in [0.717, 1.165) is 21.7 Å². The van der Waals surface area contributed by atoms with Crippen molar-refractivity contribution in [2.45, 2.75) is 29.9 Å². The number of imide groups is 1. The van der Waals surface area contributed by atoms with Gasteiger partial charge in [-0.1, -0.05) is 30.3 Å². The number of thioether (sulfide) groups is 1. The Labute approximate surface area is 186 Å². The highest BCUT2D eigenvalue weighted by atomic mass is 32.2. The molecule has 5 nitrogen and oxygen atoms in total. The van der Waals surface area contributed by atoms with Crippen molar-refractivity contribution in [3.05, 3.63) is 78.5 Å². The van der Waals surface area contributed by atoms with Crippen LogP contribution in [0, 0.1) is 0 Å². The Kier molecular flexibility index (Phi) is 5.92. The Morgan fingerprint density at radius 1 is 1.00 bits per heavy atom. The lowest BCUT2D eigenvalue weighted by molar-refractivity contribution is -0.119. The highest BCUT2D eigenvalue weighted by Gasteiger charge is 2.43. The first-order valence-electron chi connectivity index (χ1n) is 9.74. The van der Waals surface area contributed by atoms with E-state index in [-0.39, 0.29) is 28.9 Å². The Morgan fingerprint density at radius 2 is 1.69 bits per heavy atom. The van der Waals surface area contributed by atoms with E-state index < -0.39 is 23.5 Å². The van der Waals surface area contributed by atoms with Gasteiger partial charge in [-0.25, -0.2) is 9.69 Å². The molecule has 0 bridgehead atoms. The number of anilines is 1. The molecule has 164 valence electrons. The highest BCUT2D eigenvalue weighted by molar-refractivity contribution is 8.00. The maximum absolute atomic E-state index is 13.0. The summed E-state index contributed by atoms with van der Waals surface area (Å²) in [6, 6.07) is 17.2. The van der Waals surface area contributed by atoms with Crippen LogP contribution in [0.5, 0.6) is 0 Å². The Balaban J connectivity index is 1.54. The molecule has 0 saturated carbocycles. The van der Waals surface area contributed by atoms with Gasteiger partial charge in [0.15, 0.2) is 0 Å². The van der Waals surface area contributed by atoms with Crippen molar-refractivity contribution in [2.75, 3.05) is 4.90 Å². The first-order chi connectivity index (χ1) is 15.2. The molecule has 0 aliphatic carbocycles. The minimum absolute atomic E-state index is 0.0181. The summed E-state index contributed by atoms with van der Waals surface area (Å²) < 4.78 is 37.6. The van der Waals surface area contributed by atoms with Crippen molar-refractivity contribution in [3.63, 3.8) is 0 Å². The largest absolute Gasteiger partial charge is 0.446 e. The van der Waals surface area contributed by atoms with Gasteiger partial charge in [0.1, 0.15) is 6.04 Å². The second kappa shape index (κ2) is 8.66. The summed E-state index contributed by atoms with van der Waals surface area (Å²) >= 11 is -0.249. The molecule has 1 aromatic heterocycles. The fraction of sp³-hybridized carbons (Fsp3) is 0.174. The van der Waals surface area contributed by atoms with Gasteiger partial charge in [0.05, 0.1) is 11.4 Å². The number of carbonyl (C=O) groups is 2. The van der Waals surface area contributed by atoms with E-state index in [2.05, 4.69) is 4.98 Å². The molecule has 0 spiro atoms. The molecule has 1 aliphatic heterocycles. The van der Waals surface area contributed by atoms with Gasteiger partial charge in [-0.15, -0.1) is 0 Å². The molecule has 3 aromatic rings. The van der Waals surface area contributed by atoms with Crippen LogP contribution in [0.15, 0.2) is 77.8 Å². The topological polar surface area (TPSA) is 53.5 Å². The third-order valence-corrected chi connectivity index (χ3v) is 5.80. The number of benzene rings is 2. The first-order valence-corrected chi connectivity index (χ1v) is 10.6. The average Bonchev–Trinajstić information content (AvgIpc) is 2.97. The molecule has 2 aromatic carbocycles. The quantitative estimate of drug-likeness (QED) is 0.363. The first kappa shape index (κ1) is 21.9. The van der Waals surface area contributed by atoms with Gasteiger partial charge in [-0.2, -0.15) is 13.2 Å². The summed E-state index contributed by atoms with van der Waals surface area (Å²) in [5.41, 5.74) is -1.67. The van der Waals surface area contributed by atoms with Crippen LogP contribution in [0.25, 0.3) is 11.3 Å². The molecule has 0 N–H and O–H groups in total. The van der Waals surface area contributed by atoms with Crippen molar-refractivity contribution in [3.8, 4) is 11.3 Å². The number of pyridine rings is 1. The normalized spacial score (nSPS) is 16.7. The number of alkyl halides is 3. The molecule has 2 heterocycles. The third kappa shape index (κ3) is 4.62. The summed E-state index contributed by atoms with van der Waals surface area (Å²) in [6.45, 7) is 1.83. The second-order valence-electron chi connectivity index (χ2n) is 7.22. The lowest BCUT2D eigenvalue weighted by atomic mass is 10.1. The van der Waals surface area contributed by atoms with Gasteiger partial charge < -0.3 is 4.90 Å². The third-order valence-electron chi connectivity index (χ3n) is 5.06. The van der Waals surface area contributed by atoms with E-state index in [4.69, 9.17) is 0 Å². The number of halogens is 3. The summed E-state index contributed by atoms with van der Waals surface area (Å²) in [5.74, 6) is -0.427. The van der Waals surface area contributed by atoms with Gasteiger partial charge in [-0.3, -0.25) is 9.78 Å². The minimum atomic E-state index is -4.41. The summed E-state index contributed by atoms with van der Waals surface area (Å²) in [7, 11) is 0. The van der Waals surface area contributed by atoms with Crippen LogP contribution in [0.3, 0.4) is 0 Å². The predicted octanol–water partition coefficient (Wildman–Crippen LogP) is 5.72. The molecular formula is C23H18F3N3O2S.